The highest BCUT2D eigenvalue weighted by atomic mass is 79.9. The van der Waals surface area contributed by atoms with Gasteiger partial charge >= 0.3 is 0 Å². The van der Waals surface area contributed by atoms with Crippen molar-refractivity contribution in [3.63, 3.8) is 0 Å². The van der Waals surface area contributed by atoms with Crippen LogP contribution in [0.15, 0.2) is 56.2 Å². The summed E-state index contributed by atoms with van der Waals surface area (Å²) in [5.74, 6) is 0. The first-order valence-corrected chi connectivity index (χ1v) is 10.7. The number of rotatable bonds is 5. The van der Waals surface area contributed by atoms with Crippen LogP contribution in [0.2, 0.25) is 5.02 Å². The Bertz CT molecular complexity index is 1070. The van der Waals surface area contributed by atoms with Gasteiger partial charge in [-0.15, -0.1) is 4.40 Å². The molecule has 0 N–H and O–H groups in total. The van der Waals surface area contributed by atoms with Crippen LogP contribution in [0.25, 0.3) is 10.2 Å². The Morgan fingerprint density at radius 2 is 1.96 bits per heavy atom. The van der Waals surface area contributed by atoms with Crippen molar-refractivity contribution in [1.82, 2.24) is 4.57 Å². The highest BCUT2D eigenvalue weighted by Gasteiger charge is 2.15. The summed E-state index contributed by atoms with van der Waals surface area (Å²) in [5, 5.41) is 0.473. The lowest BCUT2D eigenvalue weighted by molar-refractivity contribution is 0.187. The number of nitrogens with zero attached hydrogens (tertiary/aromatic N) is 2. The monoisotopic (exact) mass is 460 g/mol. The molecule has 0 radical (unpaired) electrons. The molecule has 3 aromatic rings. The predicted molar refractivity (Wildman–Crippen MR) is 104 cm³/mol. The zero-order chi connectivity index (χ0) is 18.0. The Labute approximate surface area is 162 Å². The van der Waals surface area contributed by atoms with Crippen molar-refractivity contribution in [3.05, 3.63) is 56.8 Å². The molecule has 1 aromatic heterocycles. The van der Waals surface area contributed by atoms with Crippen LogP contribution in [-0.4, -0.2) is 26.7 Å². The fourth-order valence-electron chi connectivity index (χ4n) is 2.28. The summed E-state index contributed by atoms with van der Waals surface area (Å²) in [6, 6.07) is 11.7. The van der Waals surface area contributed by atoms with E-state index < -0.39 is 10.0 Å². The van der Waals surface area contributed by atoms with Gasteiger partial charge in [-0.05, 0) is 42.5 Å². The number of halogens is 2. The molecule has 0 saturated heterocycles. The second-order valence-electron chi connectivity index (χ2n) is 5.16. The Morgan fingerprint density at radius 1 is 1.24 bits per heavy atom. The molecule has 25 heavy (non-hydrogen) atoms. The third-order valence-electron chi connectivity index (χ3n) is 3.47. The zero-order valence-electron chi connectivity index (χ0n) is 13.1. The summed E-state index contributed by atoms with van der Waals surface area (Å²) in [4.78, 5) is 0.508. The van der Waals surface area contributed by atoms with Gasteiger partial charge in [0.05, 0.1) is 21.7 Å². The Morgan fingerprint density at radius 3 is 2.64 bits per heavy atom. The molecular formula is C16H14BrClN2O3S2. The molecule has 0 aliphatic rings. The summed E-state index contributed by atoms with van der Waals surface area (Å²) in [7, 11) is -2.23. The molecule has 0 saturated carbocycles. The minimum atomic E-state index is -3.83. The molecule has 132 valence electrons. The van der Waals surface area contributed by atoms with E-state index in [0.29, 0.717) is 23.0 Å². The van der Waals surface area contributed by atoms with E-state index in [1.165, 1.54) is 35.6 Å². The third kappa shape index (κ3) is 4.15. The molecule has 0 aliphatic carbocycles. The molecule has 5 nitrogen and oxygen atoms in total. The van der Waals surface area contributed by atoms with Gasteiger partial charge in [0.25, 0.3) is 10.0 Å². The molecule has 2 aromatic carbocycles. The Hall–Kier alpha value is -1.19. The zero-order valence-corrected chi connectivity index (χ0v) is 17.1. The lowest BCUT2D eigenvalue weighted by Gasteiger charge is -2.04. The van der Waals surface area contributed by atoms with Gasteiger partial charge in [0.15, 0.2) is 0 Å². The summed E-state index contributed by atoms with van der Waals surface area (Å²) < 4.78 is 38.2. The topological polar surface area (TPSA) is 60.7 Å². The molecule has 0 bridgehead atoms. The van der Waals surface area contributed by atoms with E-state index in [0.717, 1.165) is 14.7 Å². The fourth-order valence-corrected chi connectivity index (χ4v) is 5.21. The van der Waals surface area contributed by atoms with E-state index in [2.05, 4.69) is 20.3 Å². The number of thiazole rings is 1. The van der Waals surface area contributed by atoms with E-state index in [9.17, 15) is 8.42 Å². The van der Waals surface area contributed by atoms with E-state index in [1.807, 2.05) is 22.8 Å². The normalized spacial score (nSPS) is 12.8. The number of aromatic nitrogens is 1. The number of hydrogen-bond donors (Lipinski definition) is 0. The molecule has 3 rings (SSSR count). The van der Waals surface area contributed by atoms with Crippen molar-refractivity contribution in [3.8, 4) is 0 Å². The average molecular weight is 462 g/mol. The smallest absolute Gasteiger partial charge is 0.285 e. The first kappa shape index (κ1) is 18.6. The van der Waals surface area contributed by atoms with Crippen molar-refractivity contribution in [2.24, 2.45) is 4.40 Å². The minimum absolute atomic E-state index is 0.105. The number of sulfonamides is 1. The SMILES string of the molecule is COCCn1/c(=N/S(=O)(=O)c2ccc(Cl)cc2)sc2cc(Br)ccc21. The second-order valence-corrected chi connectivity index (χ2v) is 9.13. The molecular weight excluding hydrogens is 448 g/mol. The first-order chi connectivity index (χ1) is 11.9. The van der Waals surface area contributed by atoms with Crippen LogP contribution in [-0.2, 0) is 21.3 Å². The lowest BCUT2D eigenvalue weighted by Crippen LogP contribution is -2.19. The fraction of sp³-hybridized carbons (Fsp3) is 0.188. The molecule has 0 fully saturated rings. The molecule has 9 heteroatoms. The molecule has 0 amide bonds. The van der Waals surface area contributed by atoms with Crippen molar-refractivity contribution in [2.75, 3.05) is 13.7 Å². The maximum atomic E-state index is 12.6. The number of hydrogen-bond acceptors (Lipinski definition) is 4. The van der Waals surface area contributed by atoms with Gasteiger partial charge in [0.2, 0.25) is 4.80 Å². The van der Waals surface area contributed by atoms with Gasteiger partial charge in [0.1, 0.15) is 0 Å². The van der Waals surface area contributed by atoms with E-state index >= 15 is 0 Å². The van der Waals surface area contributed by atoms with E-state index in [1.54, 1.807) is 7.11 Å². The highest BCUT2D eigenvalue weighted by Crippen LogP contribution is 2.23. The lowest BCUT2D eigenvalue weighted by atomic mass is 10.3. The molecule has 0 unspecified atom stereocenters. The van der Waals surface area contributed by atoms with Crippen LogP contribution >= 0.6 is 38.9 Å². The van der Waals surface area contributed by atoms with Gasteiger partial charge in [-0.25, -0.2) is 0 Å². The molecule has 0 aliphatic heterocycles. The van der Waals surface area contributed by atoms with Crippen LogP contribution < -0.4 is 4.80 Å². The standard InChI is InChI=1S/C16H14BrClN2O3S2/c1-23-9-8-20-14-7-2-11(17)10-15(14)24-16(20)19-25(21,22)13-5-3-12(18)4-6-13/h2-7,10H,8-9H2,1H3/b19-16-. The highest BCUT2D eigenvalue weighted by molar-refractivity contribution is 9.10. The maximum Gasteiger partial charge on any atom is 0.285 e. The number of methoxy groups -OCH3 is 1. The van der Waals surface area contributed by atoms with Crippen LogP contribution in [0, 0.1) is 0 Å². The molecule has 0 spiro atoms. The number of benzene rings is 2. The molecule has 0 atom stereocenters. The first-order valence-electron chi connectivity index (χ1n) is 7.25. The Kier molecular flexibility index (Phi) is 5.65. The van der Waals surface area contributed by atoms with Crippen molar-refractivity contribution >= 4 is 59.1 Å². The van der Waals surface area contributed by atoms with Gasteiger partial charge in [0, 0.05) is 23.1 Å². The van der Waals surface area contributed by atoms with Crippen LogP contribution in [0.1, 0.15) is 0 Å². The van der Waals surface area contributed by atoms with Crippen molar-refractivity contribution in [1.29, 1.82) is 0 Å². The number of fused-ring (bicyclic) bond motifs is 1. The van der Waals surface area contributed by atoms with Gasteiger partial charge in [-0.2, -0.15) is 8.42 Å². The van der Waals surface area contributed by atoms with Crippen molar-refractivity contribution in [2.45, 2.75) is 11.4 Å². The number of ether oxygens (including phenoxy) is 1. The van der Waals surface area contributed by atoms with E-state index in [4.69, 9.17) is 16.3 Å². The van der Waals surface area contributed by atoms with E-state index in [-0.39, 0.29) is 4.90 Å². The van der Waals surface area contributed by atoms with Gasteiger partial charge in [-0.3, -0.25) is 0 Å². The minimum Gasteiger partial charge on any atom is -0.383 e. The summed E-state index contributed by atoms with van der Waals surface area (Å²) in [6.45, 7) is 0.961. The largest absolute Gasteiger partial charge is 0.383 e. The molecule has 1 heterocycles. The Balaban J connectivity index is 2.18. The van der Waals surface area contributed by atoms with Crippen LogP contribution in [0.5, 0.6) is 0 Å². The summed E-state index contributed by atoms with van der Waals surface area (Å²) in [6.07, 6.45) is 0. The van der Waals surface area contributed by atoms with Crippen molar-refractivity contribution < 1.29 is 13.2 Å². The quantitative estimate of drug-likeness (QED) is 0.576. The summed E-state index contributed by atoms with van der Waals surface area (Å²) in [5.41, 5.74) is 0.912. The maximum absolute atomic E-state index is 12.6. The van der Waals surface area contributed by atoms with Gasteiger partial charge in [-0.1, -0.05) is 38.9 Å². The van der Waals surface area contributed by atoms with Crippen LogP contribution in [0.3, 0.4) is 0 Å². The summed E-state index contributed by atoms with van der Waals surface area (Å²) >= 11 is 10.6. The van der Waals surface area contributed by atoms with Crippen LogP contribution in [0.4, 0.5) is 0 Å². The predicted octanol–water partition coefficient (Wildman–Crippen LogP) is 4.05. The van der Waals surface area contributed by atoms with Gasteiger partial charge < -0.3 is 9.30 Å². The second kappa shape index (κ2) is 7.59. The third-order valence-corrected chi connectivity index (χ3v) is 6.66. The average Bonchev–Trinajstić information content (AvgIpc) is 2.88.